The van der Waals surface area contributed by atoms with E-state index in [-0.39, 0.29) is 11.4 Å². The minimum atomic E-state index is -0.517. The van der Waals surface area contributed by atoms with E-state index in [0.29, 0.717) is 10.8 Å². The van der Waals surface area contributed by atoms with Crippen LogP contribution in [-0.4, -0.2) is 24.8 Å². The van der Waals surface area contributed by atoms with Crippen LogP contribution < -0.4 is 15.6 Å². The predicted octanol–water partition coefficient (Wildman–Crippen LogP) is 1.35. The lowest BCUT2D eigenvalue weighted by molar-refractivity contribution is -0.119. The number of ether oxygens (including phenoxy) is 1. The van der Waals surface area contributed by atoms with Gasteiger partial charge in [-0.05, 0) is 18.2 Å². The smallest absolute Gasteiger partial charge is 0.273 e. The summed E-state index contributed by atoms with van der Waals surface area (Å²) < 4.78 is 5.00. The Hall–Kier alpha value is -1.46. The lowest BCUT2D eigenvalue weighted by atomic mass is 10.2. The van der Waals surface area contributed by atoms with Crippen LogP contribution in [0.15, 0.2) is 18.2 Å². The molecule has 17 heavy (non-hydrogen) atoms. The SMILES string of the molecule is COc1cc(Cl)ccc1C(=O)NNC(=O)CCl. The van der Waals surface area contributed by atoms with Crippen LogP contribution in [0.5, 0.6) is 5.75 Å². The molecule has 1 rings (SSSR count). The van der Waals surface area contributed by atoms with Crippen molar-refractivity contribution < 1.29 is 14.3 Å². The molecule has 0 unspecified atom stereocenters. The van der Waals surface area contributed by atoms with Crippen LogP contribution in [0.2, 0.25) is 5.02 Å². The molecule has 0 heterocycles. The molecule has 1 aromatic carbocycles. The van der Waals surface area contributed by atoms with Crippen molar-refractivity contribution in [2.45, 2.75) is 0 Å². The third-order valence-electron chi connectivity index (χ3n) is 1.85. The van der Waals surface area contributed by atoms with Gasteiger partial charge in [0.05, 0.1) is 12.7 Å². The Morgan fingerprint density at radius 1 is 1.35 bits per heavy atom. The molecule has 7 heteroatoms. The number of carbonyl (C=O) groups is 2. The van der Waals surface area contributed by atoms with Gasteiger partial charge in [0.15, 0.2) is 0 Å². The maximum absolute atomic E-state index is 11.7. The zero-order valence-electron chi connectivity index (χ0n) is 8.92. The molecule has 1 aromatic rings. The molecule has 0 fully saturated rings. The van der Waals surface area contributed by atoms with Crippen molar-refractivity contribution in [1.82, 2.24) is 10.9 Å². The molecule has 0 aromatic heterocycles. The Morgan fingerprint density at radius 2 is 2.06 bits per heavy atom. The van der Waals surface area contributed by atoms with E-state index in [9.17, 15) is 9.59 Å². The standard InChI is InChI=1S/C10H10Cl2N2O3/c1-17-8-4-6(12)2-3-7(8)10(16)14-13-9(15)5-11/h2-4H,5H2,1H3,(H,13,15)(H,14,16). The van der Waals surface area contributed by atoms with E-state index in [1.54, 1.807) is 6.07 Å². The van der Waals surface area contributed by atoms with E-state index in [1.807, 2.05) is 0 Å². The monoisotopic (exact) mass is 276 g/mol. The summed E-state index contributed by atoms with van der Waals surface area (Å²) in [6.45, 7) is 0. The number of benzene rings is 1. The minimum absolute atomic E-state index is 0.238. The summed E-state index contributed by atoms with van der Waals surface area (Å²) >= 11 is 11.0. The molecule has 0 radical (unpaired) electrons. The maximum atomic E-state index is 11.7. The average Bonchev–Trinajstić information content (AvgIpc) is 2.35. The molecule has 0 saturated heterocycles. The molecular weight excluding hydrogens is 267 g/mol. The topological polar surface area (TPSA) is 67.4 Å². The molecule has 2 amide bonds. The zero-order chi connectivity index (χ0) is 12.8. The van der Waals surface area contributed by atoms with E-state index in [0.717, 1.165) is 0 Å². The highest BCUT2D eigenvalue weighted by molar-refractivity contribution is 6.31. The number of rotatable bonds is 3. The number of hydrogen-bond acceptors (Lipinski definition) is 3. The van der Waals surface area contributed by atoms with E-state index >= 15 is 0 Å². The van der Waals surface area contributed by atoms with Gasteiger partial charge in [-0.25, -0.2) is 0 Å². The van der Waals surface area contributed by atoms with Gasteiger partial charge in [0.1, 0.15) is 11.6 Å². The second-order valence-electron chi connectivity index (χ2n) is 2.98. The molecular formula is C10H10Cl2N2O3. The molecule has 92 valence electrons. The number of halogens is 2. The van der Waals surface area contributed by atoms with Crippen molar-refractivity contribution in [1.29, 1.82) is 0 Å². The third kappa shape index (κ3) is 3.80. The van der Waals surface area contributed by atoms with Crippen LogP contribution in [0.1, 0.15) is 10.4 Å². The van der Waals surface area contributed by atoms with E-state index < -0.39 is 11.8 Å². The van der Waals surface area contributed by atoms with Crippen molar-refractivity contribution in [3.63, 3.8) is 0 Å². The molecule has 0 spiro atoms. The van der Waals surface area contributed by atoms with E-state index in [1.165, 1.54) is 19.2 Å². The van der Waals surface area contributed by atoms with Gasteiger partial charge in [0, 0.05) is 5.02 Å². The predicted molar refractivity (Wildman–Crippen MR) is 64.3 cm³/mol. The Balaban J connectivity index is 2.78. The summed E-state index contributed by atoms with van der Waals surface area (Å²) in [7, 11) is 1.42. The van der Waals surface area contributed by atoms with Crippen molar-refractivity contribution in [2.75, 3.05) is 13.0 Å². The Morgan fingerprint density at radius 3 is 2.65 bits per heavy atom. The molecule has 0 aliphatic heterocycles. The second kappa shape index (κ2) is 6.32. The van der Waals surface area contributed by atoms with Crippen molar-refractivity contribution in [3.05, 3.63) is 28.8 Å². The molecule has 5 nitrogen and oxygen atoms in total. The molecule has 2 N–H and O–H groups in total. The number of hydrogen-bond donors (Lipinski definition) is 2. The largest absolute Gasteiger partial charge is 0.496 e. The van der Waals surface area contributed by atoms with Gasteiger partial charge in [-0.2, -0.15) is 0 Å². The van der Waals surface area contributed by atoms with Gasteiger partial charge in [0.25, 0.3) is 11.8 Å². The first-order chi connectivity index (χ1) is 8.08. The number of hydrazine groups is 1. The van der Waals surface area contributed by atoms with Gasteiger partial charge in [-0.1, -0.05) is 11.6 Å². The normalized spacial score (nSPS) is 9.59. The fraction of sp³-hybridized carbons (Fsp3) is 0.200. The summed E-state index contributed by atoms with van der Waals surface area (Å²) in [6.07, 6.45) is 0. The lowest BCUT2D eigenvalue weighted by Gasteiger charge is -2.09. The van der Waals surface area contributed by atoms with Gasteiger partial charge < -0.3 is 4.74 Å². The van der Waals surface area contributed by atoms with Crippen LogP contribution in [0.25, 0.3) is 0 Å². The fourth-order valence-corrected chi connectivity index (χ4v) is 1.31. The number of amides is 2. The van der Waals surface area contributed by atoms with Crippen LogP contribution >= 0.6 is 23.2 Å². The van der Waals surface area contributed by atoms with E-state index in [2.05, 4.69) is 10.9 Å². The zero-order valence-corrected chi connectivity index (χ0v) is 10.4. The molecule has 0 atom stereocenters. The summed E-state index contributed by atoms with van der Waals surface area (Å²) in [5.41, 5.74) is 4.59. The first-order valence-electron chi connectivity index (χ1n) is 4.57. The summed E-state index contributed by atoms with van der Waals surface area (Å²) in [6, 6.07) is 4.53. The molecule has 0 aliphatic rings. The average molecular weight is 277 g/mol. The van der Waals surface area contributed by atoms with Crippen LogP contribution in [0.3, 0.4) is 0 Å². The third-order valence-corrected chi connectivity index (χ3v) is 2.32. The van der Waals surface area contributed by atoms with Gasteiger partial charge in [-0.3, -0.25) is 20.4 Å². The highest BCUT2D eigenvalue weighted by Gasteiger charge is 2.12. The fourth-order valence-electron chi connectivity index (χ4n) is 1.08. The van der Waals surface area contributed by atoms with Crippen molar-refractivity contribution in [2.24, 2.45) is 0 Å². The first kappa shape index (κ1) is 13.6. The minimum Gasteiger partial charge on any atom is -0.496 e. The van der Waals surface area contributed by atoms with Gasteiger partial charge in [0.2, 0.25) is 0 Å². The number of nitrogens with one attached hydrogen (secondary N) is 2. The maximum Gasteiger partial charge on any atom is 0.273 e. The van der Waals surface area contributed by atoms with Crippen LogP contribution in [-0.2, 0) is 4.79 Å². The summed E-state index contributed by atoms with van der Waals surface area (Å²) in [5.74, 6) is -0.946. The lowest BCUT2D eigenvalue weighted by Crippen LogP contribution is -2.42. The molecule has 0 saturated carbocycles. The van der Waals surface area contributed by atoms with Crippen molar-refractivity contribution in [3.8, 4) is 5.75 Å². The number of alkyl halides is 1. The Kier molecular flexibility index (Phi) is 5.06. The van der Waals surface area contributed by atoms with Gasteiger partial charge in [-0.15, -0.1) is 11.6 Å². The van der Waals surface area contributed by atoms with Crippen LogP contribution in [0, 0.1) is 0 Å². The highest BCUT2D eigenvalue weighted by Crippen LogP contribution is 2.22. The quantitative estimate of drug-likeness (QED) is 0.647. The van der Waals surface area contributed by atoms with Crippen LogP contribution in [0.4, 0.5) is 0 Å². The number of carbonyl (C=O) groups excluding carboxylic acids is 2. The second-order valence-corrected chi connectivity index (χ2v) is 3.68. The Labute approximate surface area is 108 Å². The Bertz CT molecular complexity index is 438. The van der Waals surface area contributed by atoms with Gasteiger partial charge >= 0.3 is 0 Å². The van der Waals surface area contributed by atoms with Crippen molar-refractivity contribution >= 4 is 35.0 Å². The molecule has 0 aliphatic carbocycles. The summed E-state index contributed by atoms with van der Waals surface area (Å²) in [4.78, 5) is 22.5. The number of methoxy groups -OCH3 is 1. The summed E-state index contributed by atoms with van der Waals surface area (Å²) in [5, 5.41) is 0.447. The molecule has 0 bridgehead atoms. The highest BCUT2D eigenvalue weighted by atomic mass is 35.5. The van der Waals surface area contributed by atoms with E-state index in [4.69, 9.17) is 27.9 Å². The first-order valence-corrected chi connectivity index (χ1v) is 5.48.